The minimum Gasteiger partial charge on any atom is -0.396 e. The van der Waals surface area contributed by atoms with Gasteiger partial charge in [-0.05, 0) is 19.6 Å². The largest absolute Gasteiger partial charge is 0.396 e. The van der Waals surface area contributed by atoms with E-state index in [9.17, 15) is 0 Å². The molecule has 0 amide bonds. The van der Waals surface area contributed by atoms with Crippen molar-refractivity contribution in [3.05, 3.63) is 4.88 Å². The van der Waals surface area contributed by atoms with E-state index in [1.165, 1.54) is 11.3 Å². The van der Waals surface area contributed by atoms with Gasteiger partial charge in [0, 0.05) is 13.1 Å². The van der Waals surface area contributed by atoms with E-state index in [-0.39, 0.29) is 0 Å². The summed E-state index contributed by atoms with van der Waals surface area (Å²) in [5, 5.41) is 10.1. The summed E-state index contributed by atoms with van der Waals surface area (Å²) in [7, 11) is 0. The fourth-order valence-corrected chi connectivity index (χ4v) is 3.65. The van der Waals surface area contributed by atoms with Crippen LogP contribution in [-0.4, -0.2) is 19.3 Å². The van der Waals surface area contributed by atoms with Crippen LogP contribution < -0.4 is 10.6 Å². The molecule has 0 bridgehead atoms. The van der Waals surface area contributed by atoms with Crippen molar-refractivity contribution in [2.75, 3.05) is 30.0 Å². The predicted molar refractivity (Wildman–Crippen MR) is 73.4 cm³/mol. The molecule has 1 aromatic heterocycles. The molecule has 0 unspecified atom stereocenters. The Kier molecular flexibility index (Phi) is 4.97. The average molecular weight is 255 g/mol. The summed E-state index contributed by atoms with van der Waals surface area (Å²) in [5.41, 5.74) is 6.60. The van der Waals surface area contributed by atoms with Gasteiger partial charge in [-0.2, -0.15) is 5.26 Å². The van der Waals surface area contributed by atoms with E-state index in [0.29, 0.717) is 10.6 Å². The number of hydrogen-bond donors (Lipinski definition) is 1. The van der Waals surface area contributed by atoms with Crippen LogP contribution >= 0.6 is 23.1 Å². The lowest BCUT2D eigenvalue weighted by molar-refractivity contribution is 0.793. The number of hydrogen-bond acceptors (Lipinski definition) is 5. The van der Waals surface area contributed by atoms with Crippen molar-refractivity contribution in [2.45, 2.75) is 25.2 Å². The number of thiophene rings is 1. The van der Waals surface area contributed by atoms with Crippen LogP contribution in [0.3, 0.4) is 0 Å². The van der Waals surface area contributed by atoms with Gasteiger partial charge in [0.05, 0.1) is 10.6 Å². The van der Waals surface area contributed by atoms with Gasteiger partial charge in [-0.1, -0.05) is 6.92 Å². The predicted octanol–water partition coefficient (Wildman–Crippen LogP) is 3.16. The van der Waals surface area contributed by atoms with Gasteiger partial charge in [-0.25, -0.2) is 0 Å². The smallest absolute Gasteiger partial charge is 0.131 e. The quantitative estimate of drug-likeness (QED) is 0.821. The first-order chi connectivity index (χ1) is 7.69. The molecule has 0 saturated heterocycles. The number of rotatable bonds is 5. The van der Waals surface area contributed by atoms with Crippen molar-refractivity contribution in [1.29, 1.82) is 5.26 Å². The van der Waals surface area contributed by atoms with Gasteiger partial charge in [0.15, 0.2) is 0 Å². The van der Waals surface area contributed by atoms with E-state index < -0.39 is 0 Å². The molecule has 5 heteroatoms. The molecule has 0 aliphatic heterocycles. The van der Waals surface area contributed by atoms with Crippen LogP contribution in [0, 0.1) is 11.3 Å². The highest BCUT2D eigenvalue weighted by Gasteiger charge is 2.18. The molecule has 1 heterocycles. The molecule has 1 rings (SSSR count). The highest BCUT2D eigenvalue weighted by atomic mass is 32.2. The van der Waals surface area contributed by atoms with E-state index in [2.05, 4.69) is 24.8 Å². The third-order valence-electron chi connectivity index (χ3n) is 2.35. The topological polar surface area (TPSA) is 53.0 Å². The minimum atomic E-state index is 0.633. The molecular formula is C11H17N3S2. The van der Waals surface area contributed by atoms with Crippen molar-refractivity contribution < 1.29 is 0 Å². The fourth-order valence-electron chi connectivity index (χ4n) is 1.58. The second-order valence-corrected chi connectivity index (χ2v) is 5.19. The van der Waals surface area contributed by atoms with Crippen molar-refractivity contribution in [3.8, 4) is 6.07 Å². The number of nitriles is 1. The molecular weight excluding hydrogens is 238 g/mol. The van der Waals surface area contributed by atoms with E-state index >= 15 is 0 Å². The zero-order valence-corrected chi connectivity index (χ0v) is 11.5. The Morgan fingerprint density at radius 1 is 1.50 bits per heavy atom. The molecule has 0 fully saturated rings. The first-order valence-corrected chi connectivity index (χ1v) is 7.34. The maximum absolute atomic E-state index is 8.99. The SMILES string of the molecule is CCCN(CC)c1sc(C#N)c(N)c1SC. The Bertz CT molecular complexity index is 393. The van der Waals surface area contributed by atoms with Crippen LogP contribution in [-0.2, 0) is 0 Å². The van der Waals surface area contributed by atoms with Crippen LogP contribution in [0.25, 0.3) is 0 Å². The van der Waals surface area contributed by atoms with Crippen molar-refractivity contribution in [1.82, 2.24) is 0 Å². The monoisotopic (exact) mass is 255 g/mol. The first kappa shape index (κ1) is 13.2. The molecule has 1 aromatic rings. The van der Waals surface area contributed by atoms with Crippen LogP contribution in [0.5, 0.6) is 0 Å². The number of anilines is 2. The lowest BCUT2D eigenvalue weighted by Crippen LogP contribution is -2.22. The van der Waals surface area contributed by atoms with Crippen molar-refractivity contribution in [2.24, 2.45) is 0 Å². The molecule has 0 aliphatic carbocycles. The molecule has 0 radical (unpaired) electrons. The van der Waals surface area contributed by atoms with Crippen LogP contribution in [0.15, 0.2) is 4.90 Å². The van der Waals surface area contributed by atoms with Gasteiger partial charge in [-0.15, -0.1) is 23.1 Å². The summed E-state index contributed by atoms with van der Waals surface area (Å²) < 4.78 is 0. The Hall–Kier alpha value is -0.860. The Morgan fingerprint density at radius 3 is 2.62 bits per heavy atom. The number of thioether (sulfide) groups is 1. The average Bonchev–Trinajstić information content (AvgIpc) is 2.62. The van der Waals surface area contributed by atoms with E-state index in [0.717, 1.165) is 29.4 Å². The van der Waals surface area contributed by atoms with Gasteiger partial charge in [0.25, 0.3) is 0 Å². The lowest BCUT2D eigenvalue weighted by Gasteiger charge is -2.21. The van der Waals surface area contributed by atoms with E-state index in [1.807, 2.05) is 6.26 Å². The molecule has 3 nitrogen and oxygen atoms in total. The van der Waals surface area contributed by atoms with Crippen molar-refractivity contribution >= 4 is 33.8 Å². The summed E-state index contributed by atoms with van der Waals surface area (Å²) in [5.74, 6) is 0. The second-order valence-electron chi connectivity index (χ2n) is 3.37. The Morgan fingerprint density at radius 2 is 2.19 bits per heavy atom. The van der Waals surface area contributed by atoms with Crippen molar-refractivity contribution in [3.63, 3.8) is 0 Å². The van der Waals surface area contributed by atoms with Gasteiger partial charge in [0.2, 0.25) is 0 Å². The molecule has 0 spiro atoms. The number of nitrogens with zero attached hydrogens (tertiary/aromatic N) is 2. The second kappa shape index (κ2) is 6.02. The summed E-state index contributed by atoms with van der Waals surface area (Å²) in [4.78, 5) is 3.97. The molecule has 0 atom stereocenters. The van der Waals surface area contributed by atoms with Crippen LogP contribution in [0.4, 0.5) is 10.7 Å². The lowest BCUT2D eigenvalue weighted by atomic mass is 10.3. The Balaban J connectivity index is 3.16. The fraction of sp³-hybridized carbons (Fsp3) is 0.545. The molecule has 0 aromatic carbocycles. The van der Waals surface area contributed by atoms with Crippen LogP contribution in [0.1, 0.15) is 25.1 Å². The molecule has 0 saturated carbocycles. The van der Waals surface area contributed by atoms with Crippen LogP contribution in [0.2, 0.25) is 0 Å². The normalized spacial score (nSPS) is 10.1. The standard InChI is InChI=1S/C11H17N3S2/c1-4-6-14(5-2)11-10(15-3)9(13)8(7-12)16-11/h4-6,13H2,1-3H3. The number of nitrogen functional groups attached to an aromatic ring is 1. The zero-order chi connectivity index (χ0) is 12.1. The first-order valence-electron chi connectivity index (χ1n) is 5.30. The maximum Gasteiger partial charge on any atom is 0.131 e. The highest BCUT2D eigenvalue weighted by Crippen LogP contribution is 2.43. The molecule has 88 valence electrons. The minimum absolute atomic E-state index is 0.633. The number of nitrogens with two attached hydrogens (primary N) is 1. The summed E-state index contributed by atoms with van der Waals surface area (Å²) in [6.45, 7) is 6.24. The van der Waals surface area contributed by atoms with Gasteiger partial charge in [0.1, 0.15) is 15.9 Å². The molecule has 0 aliphatic rings. The summed E-state index contributed by atoms with van der Waals surface area (Å²) in [6, 6.07) is 2.16. The van der Waals surface area contributed by atoms with Gasteiger partial charge in [-0.3, -0.25) is 0 Å². The molecule has 16 heavy (non-hydrogen) atoms. The molecule has 2 N–H and O–H groups in total. The van der Waals surface area contributed by atoms with E-state index in [1.54, 1.807) is 11.8 Å². The summed E-state index contributed by atoms with van der Waals surface area (Å²) >= 11 is 3.12. The third-order valence-corrected chi connectivity index (χ3v) is 4.47. The van der Waals surface area contributed by atoms with Gasteiger partial charge >= 0.3 is 0 Å². The highest BCUT2D eigenvalue weighted by molar-refractivity contribution is 7.99. The maximum atomic E-state index is 8.99. The van der Waals surface area contributed by atoms with E-state index in [4.69, 9.17) is 11.0 Å². The zero-order valence-electron chi connectivity index (χ0n) is 9.91. The Labute approximate surface area is 105 Å². The summed E-state index contributed by atoms with van der Waals surface area (Å²) in [6.07, 6.45) is 3.10. The van der Waals surface area contributed by atoms with Gasteiger partial charge < -0.3 is 10.6 Å². The third kappa shape index (κ3) is 2.45.